The average Bonchev–Trinajstić information content (AvgIpc) is 2.30. The summed E-state index contributed by atoms with van der Waals surface area (Å²) in [6.07, 6.45) is 8.10. The van der Waals surface area contributed by atoms with Crippen LogP contribution < -0.4 is 0 Å². The summed E-state index contributed by atoms with van der Waals surface area (Å²) in [5.74, 6) is 0.533. The maximum absolute atomic E-state index is 3.89. The van der Waals surface area contributed by atoms with Crippen LogP contribution in [0.1, 0.15) is 45.2 Å². The zero-order valence-electron chi connectivity index (χ0n) is 10.4. The van der Waals surface area contributed by atoms with Gasteiger partial charge in [0.2, 0.25) is 0 Å². The highest BCUT2D eigenvalue weighted by Crippen LogP contribution is 2.26. The molecule has 0 atom stereocenters. The van der Waals surface area contributed by atoms with Crippen molar-refractivity contribution in [1.82, 2.24) is 0 Å². The molecular weight excluding hydrogens is 204 g/mol. The van der Waals surface area contributed by atoms with Crippen molar-refractivity contribution < 1.29 is 0 Å². The smallest absolute Gasteiger partial charge is 0.0150 e. The minimum atomic E-state index is 0. The molecule has 0 heteroatoms. The molecule has 0 N–H and O–H groups in total. The Morgan fingerprint density at radius 2 is 1.88 bits per heavy atom. The predicted octanol–water partition coefficient (Wildman–Crippen LogP) is 5.59. The third kappa shape index (κ3) is 4.07. The molecule has 0 radical (unpaired) electrons. The zero-order valence-corrected chi connectivity index (χ0v) is 10.4. The second kappa shape index (κ2) is 7.67. The molecule has 0 spiro atoms. The van der Waals surface area contributed by atoms with Gasteiger partial charge in [-0.05, 0) is 29.5 Å². The van der Waals surface area contributed by atoms with Crippen LogP contribution in [-0.2, 0) is 0 Å². The van der Waals surface area contributed by atoms with Crippen LogP contribution in [0.5, 0.6) is 0 Å². The molecule has 0 fully saturated rings. The highest BCUT2D eigenvalue weighted by molar-refractivity contribution is 5.77. The Hall–Kier alpha value is -1.56. The van der Waals surface area contributed by atoms with Crippen LogP contribution in [0.2, 0.25) is 0 Å². The van der Waals surface area contributed by atoms with Crippen molar-refractivity contribution in [3.63, 3.8) is 0 Å². The highest BCUT2D eigenvalue weighted by Gasteiger charge is 2.06. The molecule has 0 heterocycles. The second-order valence-electron chi connectivity index (χ2n) is 4.09. The van der Waals surface area contributed by atoms with Crippen molar-refractivity contribution in [3.8, 4) is 0 Å². The van der Waals surface area contributed by atoms with E-state index < -0.39 is 0 Å². The fourth-order valence-electron chi connectivity index (χ4n) is 1.73. The molecule has 1 aromatic rings. The maximum atomic E-state index is 3.89. The third-order valence-corrected chi connectivity index (χ3v) is 2.58. The summed E-state index contributed by atoms with van der Waals surface area (Å²) in [7, 11) is 0. The molecule has 1 aromatic carbocycles. The van der Waals surface area contributed by atoms with E-state index in [4.69, 9.17) is 0 Å². The van der Waals surface area contributed by atoms with Crippen LogP contribution in [0.3, 0.4) is 0 Å². The van der Waals surface area contributed by atoms with E-state index in [1.165, 1.54) is 16.7 Å². The second-order valence-corrected chi connectivity index (χ2v) is 4.09. The van der Waals surface area contributed by atoms with Crippen molar-refractivity contribution in [2.75, 3.05) is 0 Å². The predicted molar refractivity (Wildman–Crippen MR) is 80.3 cm³/mol. The van der Waals surface area contributed by atoms with E-state index in [1.807, 2.05) is 25.2 Å². The summed E-state index contributed by atoms with van der Waals surface area (Å²) in [6.45, 7) is 10.3. The molecular formula is C17H24. The van der Waals surface area contributed by atoms with Crippen molar-refractivity contribution >= 4 is 5.57 Å². The number of rotatable bonds is 4. The Balaban J connectivity index is 0.00000256. The van der Waals surface area contributed by atoms with Gasteiger partial charge < -0.3 is 0 Å². The quantitative estimate of drug-likeness (QED) is 0.589. The largest absolute Gasteiger partial charge is 0.0984 e. The lowest BCUT2D eigenvalue weighted by Gasteiger charge is -2.12. The van der Waals surface area contributed by atoms with Gasteiger partial charge in [-0.1, -0.05) is 76.4 Å². The summed E-state index contributed by atoms with van der Waals surface area (Å²) in [6, 6.07) is 8.52. The first-order chi connectivity index (χ1) is 7.70. The van der Waals surface area contributed by atoms with Crippen molar-refractivity contribution in [1.29, 1.82) is 0 Å². The van der Waals surface area contributed by atoms with E-state index in [1.54, 1.807) is 0 Å². The van der Waals surface area contributed by atoms with Crippen LogP contribution in [0.25, 0.3) is 5.57 Å². The van der Waals surface area contributed by atoms with E-state index in [9.17, 15) is 0 Å². The normalized spacial score (nSPS) is 11.6. The Morgan fingerprint density at radius 1 is 1.24 bits per heavy atom. The number of allylic oxidation sites excluding steroid dienone is 5. The van der Waals surface area contributed by atoms with Gasteiger partial charge in [-0.15, -0.1) is 0 Å². The monoisotopic (exact) mass is 228 g/mol. The summed E-state index contributed by atoms with van der Waals surface area (Å²) >= 11 is 0. The zero-order chi connectivity index (χ0) is 12.0. The van der Waals surface area contributed by atoms with E-state index in [0.29, 0.717) is 5.92 Å². The Morgan fingerprint density at radius 3 is 2.41 bits per heavy atom. The van der Waals surface area contributed by atoms with Crippen LogP contribution in [0.4, 0.5) is 0 Å². The Bertz CT molecular complexity index is 406. The van der Waals surface area contributed by atoms with E-state index in [2.05, 4.69) is 50.8 Å². The molecule has 0 bridgehead atoms. The summed E-state index contributed by atoms with van der Waals surface area (Å²) in [5.41, 5.74) is 3.84. The average molecular weight is 228 g/mol. The first-order valence-corrected chi connectivity index (χ1v) is 5.75. The number of hydrogen-bond donors (Lipinski definition) is 0. The molecule has 92 valence electrons. The van der Waals surface area contributed by atoms with E-state index in [-0.39, 0.29) is 7.43 Å². The fourth-order valence-corrected chi connectivity index (χ4v) is 1.73. The molecule has 1 rings (SSSR count). The van der Waals surface area contributed by atoms with Crippen molar-refractivity contribution in [2.24, 2.45) is 0 Å². The first kappa shape index (κ1) is 15.4. The van der Waals surface area contributed by atoms with Gasteiger partial charge in [-0.3, -0.25) is 0 Å². The van der Waals surface area contributed by atoms with E-state index >= 15 is 0 Å². The van der Waals surface area contributed by atoms with Gasteiger partial charge >= 0.3 is 0 Å². The summed E-state index contributed by atoms with van der Waals surface area (Å²) < 4.78 is 0. The van der Waals surface area contributed by atoms with Crippen LogP contribution >= 0.6 is 0 Å². The van der Waals surface area contributed by atoms with Crippen LogP contribution in [0.15, 0.2) is 55.1 Å². The topological polar surface area (TPSA) is 0 Å². The SMILES string of the molecule is C.C=C/C(=C\C=C/C)c1ccccc1C(C)C. The molecule has 0 aliphatic rings. The lowest BCUT2D eigenvalue weighted by atomic mass is 9.92. The molecule has 17 heavy (non-hydrogen) atoms. The minimum Gasteiger partial charge on any atom is -0.0984 e. The number of benzene rings is 1. The third-order valence-electron chi connectivity index (χ3n) is 2.58. The minimum absolute atomic E-state index is 0. The van der Waals surface area contributed by atoms with Crippen molar-refractivity contribution in [2.45, 2.75) is 34.1 Å². The summed E-state index contributed by atoms with van der Waals surface area (Å²) in [4.78, 5) is 0. The standard InChI is InChI=1S/C16H20.CH4/c1-5-7-10-14(6-2)16-12-9-8-11-15(16)13(3)4;/h5-13H,2H2,1,3-4H3;1H4/b7-5-,14-10+;. The van der Waals surface area contributed by atoms with Gasteiger partial charge in [0.15, 0.2) is 0 Å². The number of hydrogen-bond acceptors (Lipinski definition) is 0. The molecule has 0 unspecified atom stereocenters. The van der Waals surface area contributed by atoms with Crippen LogP contribution in [-0.4, -0.2) is 0 Å². The summed E-state index contributed by atoms with van der Waals surface area (Å²) in [5, 5.41) is 0. The van der Waals surface area contributed by atoms with Gasteiger partial charge in [0.05, 0.1) is 0 Å². The Kier molecular flexibility index (Phi) is 6.97. The lowest BCUT2D eigenvalue weighted by Crippen LogP contribution is -1.94. The molecule has 0 amide bonds. The lowest BCUT2D eigenvalue weighted by molar-refractivity contribution is 0.863. The first-order valence-electron chi connectivity index (χ1n) is 5.75. The van der Waals surface area contributed by atoms with Gasteiger partial charge in [0, 0.05) is 0 Å². The van der Waals surface area contributed by atoms with Gasteiger partial charge in [0.25, 0.3) is 0 Å². The molecule has 0 saturated carbocycles. The fraction of sp³-hybridized carbons (Fsp3) is 0.294. The molecule has 0 nitrogen and oxygen atoms in total. The van der Waals surface area contributed by atoms with Crippen molar-refractivity contribution in [3.05, 3.63) is 66.3 Å². The van der Waals surface area contributed by atoms with Gasteiger partial charge in [-0.25, -0.2) is 0 Å². The van der Waals surface area contributed by atoms with E-state index in [0.717, 1.165) is 0 Å². The molecule has 0 saturated heterocycles. The Labute approximate surface area is 106 Å². The van der Waals surface area contributed by atoms with Crippen LogP contribution in [0, 0.1) is 0 Å². The maximum Gasteiger partial charge on any atom is -0.0150 e. The van der Waals surface area contributed by atoms with Gasteiger partial charge in [-0.2, -0.15) is 0 Å². The highest BCUT2D eigenvalue weighted by atomic mass is 14.1. The molecule has 0 aliphatic carbocycles. The van der Waals surface area contributed by atoms with Gasteiger partial charge in [0.1, 0.15) is 0 Å². The molecule has 0 aromatic heterocycles. The molecule has 0 aliphatic heterocycles.